The van der Waals surface area contributed by atoms with E-state index >= 15 is 0 Å². The molecule has 0 aromatic heterocycles. The maximum Gasteiger partial charge on any atom is 0.0582 e. The van der Waals surface area contributed by atoms with Crippen LogP contribution in [0.4, 0.5) is 0 Å². The van der Waals surface area contributed by atoms with E-state index in [1.54, 1.807) is 0 Å². The van der Waals surface area contributed by atoms with Crippen molar-refractivity contribution in [3.8, 4) is 0 Å². The van der Waals surface area contributed by atoms with Gasteiger partial charge in [-0.1, -0.05) is 13.3 Å². The fourth-order valence-electron chi connectivity index (χ4n) is 2.10. The Balaban J connectivity index is 2.21. The topological polar surface area (TPSA) is 9.23 Å². The van der Waals surface area contributed by atoms with E-state index < -0.39 is 0 Å². The van der Waals surface area contributed by atoms with Crippen molar-refractivity contribution >= 4 is 11.6 Å². The van der Waals surface area contributed by atoms with Crippen LogP contribution in [0, 0.1) is 5.92 Å². The Hall–Kier alpha value is 0.250. The zero-order valence-electron chi connectivity index (χ0n) is 8.76. The summed E-state index contributed by atoms with van der Waals surface area (Å²) in [7, 11) is 0. The lowest BCUT2D eigenvalue weighted by Crippen LogP contribution is -2.15. The molecule has 0 bridgehead atoms. The van der Waals surface area contributed by atoms with E-state index in [0.717, 1.165) is 5.88 Å². The molecule has 13 heavy (non-hydrogen) atoms. The summed E-state index contributed by atoms with van der Waals surface area (Å²) in [6, 6.07) is 0. The molecule has 3 atom stereocenters. The van der Waals surface area contributed by atoms with Gasteiger partial charge in [-0.2, -0.15) is 0 Å². The smallest absolute Gasteiger partial charge is 0.0582 e. The minimum Gasteiger partial charge on any atom is -0.375 e. The third-order valence-electron chi connectivity index (χ3n) is 2.83. The van der Waals surface area contributed by atoms with E-state index in [2.05, 4.69) is 13.8 Å². The Labute approximate surface area is 86.8 Å². The van der Waals surface area contributed by atoms with Gasteiger partial charge in [0.05, 0.1) is 12.2 Å². The van der Waals surface area contributed by atoms with Gasteiger partial charge in [-0.05, 0) is 38.5 Å². The van der Waals surface area contributed by atoms with Crippen molar-refractivity contribution in [1.82, 2.24) is 0 Å². The lowest BCUT2D eigenvalue weighted by molar-refractivity contribution is 0.0419. The van der Waals surface area contributed by atoms with Crippen LogP contribution in [-0.4, -0.2) is 18.1 Å². The van der Waals surface area contributed by atoms with Gasteiger partial charge in [-0.25, -0.2) is 0 Å². The molecule has 0 aromatic carbocycles. The molecular weight excluding hydrogens is 184 g/mol. The zero-order chi connectivity index (χ0) is 9.68. The van der Waals surface area contributed by atoms with Crippen LogP contribution in [-0.2, 0) is 4.74 Å². The average molecular weight is 205 g/mol. The molecule has 0 aromatic rings. The second-order valence-electron chi connectivity index (χ2n) is 4.19. The minimum absolute atomic E-state index is 0.475. The molecule has 0 amide bonds. The highest BCUT2D eigenvalue weighted by Crippen LogP contribution is 2.26. The van der Waals surface area contributed by atoms with Gasteiger partial charge >= 0.3 is 0 Å². The molecule has 0 spiro atoms. The van der Waals surface area contributed by atoms with Crippen molar-refractivity contribution in [2.24, 2.45) is 5.92 Å². The molecule has 1 saturated heterocycles. The number of hydrogen-bond acceptors (Lipinski definition) is 1. The van der Waals surface area contributed by atoms with Crippen molar-refractivity contribution in [2.75, 3.05) is 5.88 Å². The summed E-state index contributed by atoms with van der Waals surface area (Å²) >= 11 is 5.91. The molecule has 0 aliphatic carbocycles. The van der Waals surface area contributed by atoms with Crippen LogP contribution in [0.25, 0.3) is 0 Å². The lowest BCUT2D eigenvalue weighted by Gasteiger charge is -2.17. The third-order valence-corrected chi connectivity index (χ3v) is 3.27. The number of ether oxygens (including phenoxy) is 1. The highest BCUT2D eigenvalue weighted by molar-refractivity contribution is 6.18. The molecule has 1 fully saturated rings. The fourth-order valence-corrected chi connectivity index (χ4v) is 2.38. The molecule has 1 rings (SSSR count). The van der Waals surface area contributed by atoms with Crippen LogP contribution in [0.5, 0.6) is 0 Å². The Morgan fingerprint density at radius 1 is 1.46 bits per heavy atom. The molecule has 3 unspecified atom stereocenters. The molecule has 2 heteroatoms. The monoisotopic (exact) mass is 204 g/mol. The first kappa shape index (κ1) is 11.3. The number of rotatable bonds is 5. The molecule has 0 radical (unpaired) electrons. The van der Waals surface area contributed by atoms with Gasteiger partial charge in [0.2, 0.25) is 0 Å². The summed E-state index contributed by atoms with van der Waals surface area (Å²) in [6.07, 6.45) is 7.08. The second kappa shape index (κ2) is 5.87. The predicted molar refractivity (Wildman–Crippen MR) is 57.3 cm³/mol. The van der Waals surface area contributed by atoms with Gasteiger partial charge in [0.1, 0.15) is 0 Å². The van der Waals surface area contributed by atoms with Crippen molar-refractivity contribution in [2.45, 2.75) is 58.2 Å². The first-order valence-electron chi connectivity index (χ1n) is 5.47. The summed E-state index contributed by atoms with van der Waals surface area (Å²) in [5.41, 5.74) is 0. The molecule has 1 nitrogen and oxygen atoms in total. The van der Waals surface area contributed by atoms with Crippen LogP contribution in [0.3, 0.4) is 0 Å². The maximum absolute atomic E-state index is 5.91. The van der Waals surface area contributed by atoms with Gasteiger partial charge in [-0.15, -0.1) is 11.6 Å². The van der Waals surface area contributed by atoms with Crippen LogP contribution in [0.1, 0.15) is 46.0 Å². The lowest BCUT2D eigenvalue weighted by atomic mass is 9.97. The highest BCUT2D eigenvalue weighted by atomic mass is 35.5. The molecule has 1 aliphatic rings. The van der Waals surface area contributed by atoms with Crippen molar-refractivity contribution in [3.05, 3.63) is 0 Å². The standard InChI is InChI=1S/C11H21ClO/c1-3-4-10(8-12)7-11-6-5-9(2)13-11/h9-11H,3-8H2,1-2H3. The number of alkyl halides is 1. The van der Waals surface area contributed by atoms with Crippen LogP contribution < -0.4 is 0 Å². The van der Waals surface area contributed by atoms with E-state index in [9.17, 15) is 0 Å². The zero-order valence-corrected chi connectivity index (χ0v) is 9.52. The average Bonchev–Trinajstić information content (AvgIpc) is 2.50. The SMILES string of the molecule is CCCC(CCl)CC1CCC(C)O1. The first-order valence-corrected chi connectivity index (χ1v) is 6.01. The fraction of sp³-hybridized carbons (Fsp3) is 1.00. The van der Waals surface area contributed by atoms with Crippen LogP contribution in [0.2, 0.25) is 0 Å². The van der Waals surface area contributed by atoms with Crippen molar-refractivity contribution in [3.63, 3.8) is 0 Å². The van der Waals surface area contributed by atoms with Gasteiger partial charge in [-0.3, -0.25) is 0 Å². The summed E-state index contributed by atoms with van der Waals surface area (Å²) in [6.45, 7) is 4.38. The molecule has 1 heterocycles. The second-order valence-corrected chi connectivity index (χ2v) is 4.50. The first-order chi connectivity index (χ1) is 6.26. The highest BCUT2D eigenvalue weighted by Gasteiger charge is 2.24. The Morgan fingerprint density at radius 3 is 2.69 bits per heavy atom. The molecule has 1 aliphatic heterocycles. The summed E-state index contributed by atoms with van der Waals surface area (Å²) in [5.74, 6) is 1.46. The predicted octanol–water partition coefficient (Wildman–Crippen LogP) is 3.60. The molecule has 78 valence electrons. The van der Waals surface area contributed by atoms with Gasteiger partial charge < -0.3 is 4.74 Å². The Kier molecular flexibility index (Phi) is 5.12. The van der Waals surface area contributed by atoms with E-state index in [0.29, 0.717) is 18.1 Å². The quantitative estimate of drug-likeness (QED) is 0.622. The van der Waals surface area contributed by atoms with E-state index in [1.807, 2.05) is 0 Å². The molecular formula is C11H21ClO. The summed E-state index contributed by atoms with van der Waals surface area (Å²) in [5, 5.41) is 0. The normalized spacial score (nSPS) is 30.7. The van der Waals surface area contributed by atoms with Crippen molar-refractivity contribution < 1.29 is 4.74 Å². The van der Waals surface area contributed by atoms with Gasteiger partial charge in [0, 0.05) is 5.88 Å². The van der Waals surface area contributed by atoms with Crippen molar-refractivity contribution in [1.29, 1.82) is 0 Å². The number of hydrogen-bond donors (Lipinski definition) is 0. The maximum atomic E-state index is 5.91. The van der Waals surface area contributed by atoms with Gasteiger partial charge in [0.15, 0.2) is 0 Å². The van der Waals surface area contributed by atoms with E-state index in [1.165, 1.54) is 32.1 Å². The largest absolute Gasteiger partial charge is 0.375 e. The molecule has 0 N–H and O–H groups in total. The van der Waals surface area contributed by atoms with E-state index in [-0.39, 0.29) is 0 Å². The third kappa shape index (κ3) is 3.86. The summed E-state index contributed by atoms with van der Waals surface area (Å²) in [4.78, 5) is 0. The Morgan fingerprint density at radius 2 is 2.23 bits per heavy atom. The van der Waals surface area contributed by atoms with Crippen LogP contribution in [0.15, 0.2) is 0 Å². The van der Waals surface area contributed by atoms with Crippen LogP contribution >= 0.6 is 11.6 Å². The van der Waals surface area contributed by atoms with E-state index in [4.69, 9.17) is 16.3 Å². The van der Waals surface area contributed by atoms with Gasteiger partial charge in [0.25, 0.3) is 0 Å². The number of halogens is 1. The summed E-state index contributed by atoms with van der Waals surface area (Å²) < 4.78 is 5.78. The Bertz CT molecular complexity index is 136. The molecule has 0 saturated carbocycles. The minimum atomic E-state index is 0.475.